The topological polar surface area (TPSA) is 80.5 Å². The van der Waals surface area contributed by atoms with Crippen LogP contribution in [0.2, 0.25) is 0 Å². The number of carbonyl (C=O) groups excluding carboxylic acids is 1. The van der Waals surface area contributed by atoms with Gasteiger partial charge in [0, 0.05) is 37.1 Å². The van der Waals surface area contributed by atoms with Crippen molar-refractivity contribution in [2.45, 2.75) is 19.6 Å². The Morgan fingerprint density at radius 1 is 1.32 bits per heavy atom. The molecule has 134 valence electrons. The number of pyridine rings is 1. The Balaban J connectivity index is 0.00000225. The summed E-state index contributed by atoms with van der Waals surface area (Å²) in [5.41, 5.74) is 7.82. The summed E-state index contributed by atoms with van der Waals surface area (Å²) in [5, 5.41) is 2.89. The number of nitrogens with zero attached hydrogens (tertiary/aromatic N) is 2. The molecule has 3 N–H and O–H groups in total. The summed E-state index contributed by atoms with van der Waals surface area (Å²) in [6.45, 7) is 4.93. The molecule has 6 nitrogen and oxygen atoms in total. The van der Waals surface area contributed by atoms with Crippen LogP contribution in [0.25, 0.3) is 0 Å². The van der Waals surface area contributed by atoms with Gasteiger partial charge in [-0.1, -0.05) is 6.07 Å². The number of anilines is 2. The van der Waals surface area contributed by atoms with E-state index < -0.39 is 0 Å². The van der Waals surface area contributed by atoms with Crippen molar-refractivity contribution in [3.8, 4) is 0 Å². The monoisotopic (exact) mass is 362 g/mol. The van der Waals surface area contributed by atoms with Gasteiger partial charge < -0.3 is 20.7 Å². The zero-order valence-corrected chi connectivity index (χ0v) is 15.0. The highest BCUT2D eigenvalue weighted by Crippen LogP contribution is 2.15. The lowest BCUT2D eigenvalue weighted by Gasteiger charge is -2.32. The molecule has 1 unspecified atom stereocenters. The van der Waals surface area contributed by atoms with E-state index in [9.17, 15) is 4.79 Å². The van der Waals surface area contributed by atoms with Gasteiger partial charge in [-0.3, -0.25) is 4.79 Å². The summed E-state index contributed by atoms with van der Waals surface area (Å²) in [6.07, 6.45) is 2.03. The van der Waals surface area contributed by atoms with Gasteiger partial charge in [0.25, 0.3) is 5.91 Å². The minimum Gasteiger partial charge on any atom is -0.399 e. The Morgan fingerprint density at radius 3 is 2.72 bits per heavy atom. The summed E-state index contributed by atoms with van der Waals surface area (Å²) in [4.78, 5) is 18.8. The van der Waals surface area contributed by atoms with E-state index in [4.69, 9.17) is 10.5 Å². The maximum Gasteiger partial charge on any atom is 0.251 e. The summed E-state index contributed by atoms with van der Waals surface area (Å²) in [7, 11) is 0. The Labute approximate surface area is 153 Å². The molecular formula is C18H23ClN4O2. The molecule has 1 fully saturated rings. The molecule has 25 heavy (non-hydrogen) atoms. The van der Waals surface area contributed by atoms with Crippen LogP contribution >= 0.6 is 12.4 Å². The molecule has 3 rings (SSSR count). The number of halogens is 1. The van der Waals surface area contributed by atoms with Gasteiger partial charge in [-0.25, -0.2) is 4.98 Å². The van der Waals surface area contributed by atoms with E-state index in [1.54, 1.807) is 30.5 Å². The Kier molecular flexibility index (Phi) is 6.61. The van der Waals surface area contributed by atoms with E-state index in [-0.39, 0.29) is 24.4 Å². The predicted molar refractivity (Wildman–Crippen MR) is 101 cm³/mol. The predicted octanol–water partition coefficient (Wildman–Crippen LogP) is 2.24. The molecule has 0 radical (unpaired) electrons. The molecule has 0 bridgehead atoms. The number of carbonyl (C=O) groups is 1. The molecule has 1 aromatic carbocycles. The molecule has 0 spiro atoms. The van der Waals surface area contributed by atoms with E-state index in [1.165, 1.54) is 0 Å². The van der Waals surface area contributed by atoms with E-state index >= 15 is 0 Å². The molecule has 1 saturated heterocycles. The Morgan fingerprint density at radius 2 is 2.08 bits per heavy atom. The molecule has 0 aliphatic carbocycles. The number of amides is 1. The minimum absolute atomic E-state index is 0. The van der Waals surface area contributed by atoms with Crippen molar-refractivity contribution < 1.29 is 9.53 Å². The molecular weight excluding hydrogens is 340 g/mol. The Hall–Kier alpha value is -2.31. The smallest absolute Gasteiger partial charge is 0.251 e. The lowest BCUT2D eigenvalue weighted by Crippen LogP contribution is -2.41. The number of nitrogen functional groups attached to an aromatic ring is 1. The maximum absolute atomic E-state index is 12.1. The normalized spacial score (nSPS) is 16.8. The molecule has 0 saturated carbocycles. The average Bonchev–Trinajstić information content (AvgIpc) is 2.61. The van der Waals surface area contributed by atoms with Gasteiger partial charge >= 0.3 is 0 Å². The van der Waals surface area contributed by atoms with Crippen LogP contribution in [0.5, 0.6) is 0 Å². The number of nitrogens with two attached hydrogens (primary N) is 1. The third-order valence-electron chi connectivity index (χ3n) is 4.00. The van der Waals surface area contributed by atoms with Crippen LogP contribution in [0.4, 0.5) is 11.5 Å². The van der Waals surface area contributed by atoms with E-state index in [0.717, 1.165) is 31.1 Å². The second-order valence-corrected chi connectivity index (χ2v) is 5.96. The van der Waals surface area contributed by atoms with Gasteiger partial charge in [-0.2, -0.15) is 0 Å². The SMILES string of the molecule is CC1CN(c2ccc(CNC(=O)c3ccc(N)cc3)cn2)CCO1.Cl. The first kappa shape index (κ1) is 19.0. The van der Waals surface area contributed by atoms with Crippen LogP contribution in [0, 0.1) is 0 Å². The molecule has 1 aliphatic rings. The Bertz CT molecular complexity index is 691. The third-order valence-corrected chi connectivity index (χ3v) is 4.00. The standard InChI is InChI=1S/C18H22N4O2.ClH/c1-13-12-22(8-9-24-13)17-7-2-14(10-20-17)11-21-18(23)15-3-5-16(19)6-4-15;/h2-7,10,13H,8-9,11-12,19H2,1H3,(H,21,23);1H. The number of hydrogen-bond donors (Lipinski definition) is 2. The lowest BCUT2D eigenvalue weighted by atomic mass is 10.2. The molecule has 1 atom stereocenters. The van der Waals surface area contributed by atoms with E-state index in [2.05, 4.69) is 22.1 Å². The second-order valence-electron chi connectivity index (χ2n) is 5.96. The zero-order valence-electron chi connectivity index (χ0n) is 14.1. The van der Waals surface area contributed by atoms with Crippen LogP contribution in [0.3, 0.4) is 0 Å². The van der Waals surface area contributed by atoms with Crippen LogP contribution in [0.1, 0.15) is 22.8 Å². The number of ether oxygens (including phenoxy) is 1. The lowest BCUT2D eigenvalue weighted by molar-refractivity contribution is 0.0529. The molecule has 7 heteroatoms. The number of benzene rings is 1. The van der Waals surface area contributed by atoms with Gasteiger partial charge in [0.05, 0.1) is 12.7 Å². The van der Waals surface area contributed by atoms with Crippen molar-refractivity contribution in [2.75, 3.05) is 30.3 Å². The first-order valence-corrected chi connectivity index (χ1v) is 8.07. The number of nitrogens with one attached hydrogen (secondary N) is 1. The largest absolute Gasteiger partial charge is 0.399 e. The molecule has 1 aliphatic heterocycles. The van der Waals surface area contributed by atoms with Gasteiger partial charge in [0.1, 0.15) is 5.82 Å². The van der Waals surface area contributed by atoms with Crippen molar-refractivity contribution in [3.63, 3.8) is 0 Å². The maximum atomic E-state index is 12.1. The fourth-order valence-electron chi connectivity index (χ4n) is 2.65. The molecule has 2 aromatic rings. The van der Waals surface area contributed by atoms with Gasteiger partial charge in [0.15, 0.2) is 0 Å². The van der Waals surface area contributed by atoms with Crippen LogP contribution in [-0.2, 0) is 11.3 Å². The quantitative estimate of drug-likeness (QED) is 0.815. The molecule has 1 aromatic heterocycles. The van der Waals surface area contributed by atoms with Crippen molar-refractivity contribution in [1.82, 2.24) is 10.3 Å². The van der Waals surface area contributed by atoms with E-state index in [0.29, 0.717) is 17.8 Å². The van der Waals surface area contributed by atoms with Gasteiger partial charge in [-0.15, -0.1) is 12.4 Å². The zero-order chi connectivity index (χ0) is 16.9. The summed E-state index contributed by atoms with van der Waals surface area (Å²) >= 11 is 0. The van der Waals surface area contributed by atoms with Crippen molar-refractivity contribution in [3.05, 3.63) is 53.7 Å². The van der Waals surface area contributed by atoms with Crippen molar-refractivity contribution >= 4 is 29.8 Å². The van der Waals surface area contributed by atoms with Crippen LogP contribution in [-0.4, -0.2) is 36.7 Å². The van der Waals surface area contributed by atoms with E-state index in [1.807, 2.05) is 12.1 Å². The minimum atomic E-state index is -0.124. The fourth-order valence-corrected chi connectivity index (χ4v) is 2.65. The highest BCUT2D eigenvalue weighted by Gasteiger charge is 2.17. The first-order chi connectivity index (χ1) is 11.6. The number of morpholine rings is 1. The number of hydrogen-bond acceptors (Lipinski definition) is 5. The second kappa shape index (κ2) is 8.69. The fraction of sp³-hybridized carbons (Fsp3) is 0.333. The number of aromatic nitrogens is 1. The van der Waals surface area contributed by atoms with Crippen molar-refractivity contribution in [1.29, 1.82) is 0 Å². The van der Waals surface area contributed by atoms with Crippen molar-refractivity contribution in [2.24, 2.45) is 0 Å². The molecule has 1 amide bonds. The summed E-state index contributed by atoms with van der Waals surface area (Å²) in [5.74, 6) is 0.819. The number of rotatable bonds is 4. The average molecular weight is 363 g/mol. The molecule has 2 heterocycles. The third kappa shape index (κ3) is 5.08. The summed E-state index contributed by atoms with van der Waals surface area (Å²) in [6, 6.07) is 10.8. The van der Waals surface area contributed by atoms with Gasteiger partial charge in [-0.05, 0) is 42.8 Å². The summed E-state index contributed by atoms with van der Waals surface area (Å²) < 4.78 is 5.54. The highest BCUT2D eigenvalue weighted by molar-refractivity contribution is 5.94. The van der Waals surface area contributed by atoms with Crippen LogP contribution in [0.15, 0.2) is 42.6 Å². The van der Waals surface area contributed by atoms with Gasteiger partial charge in [0.2, 0.25) is 0 Å². The highest BCUT2D eigenvalue weighted by atomic mass is 35.5. The first-order valence-electron chi connectivity index (χ1n) is 8.07. The van der Waals surface area contributed by atoms with Crippen LogP contribution < -0.4 is 16.0 Å².